The Morgan fingerprint density at radius 2 is 1.58 bits per heavy atom. The normalized spacial score (nSPS) is 19.3. The summed E-state index contributed by atoms with van der Waals surface area (Å²) in [5, 5.41) is 0. The highest BCUT2D eigenvalue weighted by Crippen LogP contribution is 2.23. The van der Waals surface area contributed by atoms with Crippen molar-refractivity contribution in [1.29, 1.82) is 0 Å². The zero-order chi connectivity index (χ0) is 13.2. The molecule has 19 heavy (non-hydrogen) atoms. The zero-order valence-corrected chi connectivity index (χ0v) is 14.0. The Kier molecular flexibility index (Phi) is 12.1. The van der Waals surface area contributed by atoms with Gasteiger partial charge >= 0.3 is 0 Å². The summed E-state index contributed by atoms with van der Waals surface area (Å²) in [6.45, 7) is 10.2. The molecule has 1 fully saturated rings. The van der Waals surface area contributed by atoms with Gasteiger partial charge in [-0.2, -0.15) is 0 Å². The van der Waals surface area contributed by atoms with Crippen molar-refractivity contribution in [2.45, 2.75) is 84.3 Å². The van der Waals surface area contributed by atoms with Gasteiger partial charge in [-0.25, -0.2) is 0 Å². The van der Waals surface area contributed by atoms with Crippen molar-refractivity contribution in [2.24, 2.45) is 0 Å². The molecule has 0 spiro atoms. The fraction of sp³-hybridized carbons (Fsp3) is 1.00. The zero-order valence-electron chi connectivity index (χ0n) is 13.2. The maximum atomic E-state index is 5.41. The Balaban J connectivity index is 0.00000324. The van der Waals surface area contributed by atoms with E-state index in [1.165, 1.54) is 64.5 Å². The van der Waals surface area contributed by atoms with Crippen LogP contribution in [0.2, 0.25) is 0 Å². The summed E-state index contributed by atoms with van der Waals surface area (Å²) >= 11 is 0. The number of hydrogen-bond acceptors (Lipinski definition) is 2. The fourth-order valence-corrected chi connectivity index (χ4v) is 2.86. The molecular weight excluding hydrogens is 258 g/mol. The van der Waals surface area contributed by atoms with E-state index < -0.39 is 0 Å². The van der Waals surface area contributed by atoms with E-state index in [0.29, 0.717) is 6.10 Å². The Bertz CT molecular complexity index is 193. The van der Waals surface area contributed by atoms with Crippen LogP contribution in [-0.2, 0) is 4.74 Å². The van der Waals surface area contributed by atoms with E-state index in [4.69, 9.17) is 4.74 Å². The SMILES string of the molecule is CCCCCCCCC(CC1CO1)N(CC)CC.Cl. The Morgan fingerprint density at radius 1 is 1.00 bits per heavy atom. The van der Waals surface area contributed by atoms with E-state index in [1.54, 1.807) is 0 Å². The average molecular weight is 292 g/mol. The van der Waals surface area contributed by atoms with Gasteiger partial charge in [0, 0.05) is 6.04 Å². The Labute approximate surface area is 126 Å². The molecule has 2 unspecified atom stereocenters. The lowest BCUT2D eigenvalue weighted by Gasteiger charge is -2.29. The molecule has 0 bridgehead atoms. The van der Waals surface area contributed by atoms with Crippen LogP contribution in [0.3, 0.4) is 0 Å². The molecule has 0 radical (unpaired) electrons. The third-order valence-corrected chi connectivity index (χ3v) is 4.16. The van der Waals surface area contributed by atoms with Gasteiger partial charge in [0.15, 0.2) is 0 Å². The Morgan fingerprint density at radius 3 is 2.11 bits per heavy atom. The third-order valence-electron chi connectivity index (χ3n) is 4.16. The maximum Gasteiger partial charge on any atom is 0.0824 e. The van der Waals surface area contributed by atoms with Crippen molar-refractivity contribution in [3.8, 4) is 0 Å². The molecule has 0 aromatic carbocycles. The second kappa shape index (κ2) is 12.0. The highest BCUT2D eigenvalue weighted by molar-refractivity contribution is 5.85. The number of nitrogens with zero attached hydrogens (tertiary/aromatic N) is 1. The second-order valence-corrected chi connectivity index (χ2v) is 5.62. The van der Waals surface area contributed by atoms with E-state index in [9.17, 15) is 0 Å². The molecule has 0 aromatic rings. The predicted octanol–water partition coefficient (Wildman–Crippen LogP) is 4.66. The molecule has 1 saturated heterocycles. The van der Waals surface area contributed by atoms with E-state index in [0.717, 1.165) is 12.6 Å². The number of rotatable bonds is 12. The summed E-state index contributed by atoms with van der Waals surface area (Å²) in [4.78, 5) is 2.62. The summed E-state index contributed by atoms with van der Waals surface area (Å²) < 4.78 is 5.41. The lowest BCUT2D eigenvalue weighted by atomic mass is 10.0. The van der Waals surface area contributed by atoms with Crippen LogP contribution in [0.1, 0.15) is 72.1 Å². The van der Waals surface area contributed by atoms with Crippen LogP contribution < -0.4 is 0 Å². The van der Waals surface area contributed by atoms with Crippen LogP contribution in [0, 0.1) is 0 Å². The van der Waals surface area contributed by atoms with Crippen molar-refractivity contribution in [3.63, 3.8) is 0 Å². The lowest BCUT2D eigenvalue weighted by molar-refractivity contribution is 0.179. The summed E-state index contributed by atoms with van der Waals surface area (Å²) in [5.74, 6) is 0. The average Bonchev–Trinajstić information content (AvgIpc) is 3.18. The van der Waals surface area contributed by atoms with Gasteiger partial charge in [0.2, 0.25) is 0 Å². The highest BCUT2D eigenvalue weighted by Gasteiger charge is 2.28. The third kappa shape index (κ3) is 8.88. The van der Waals surface area contributed by atoms with Gasteiger partial charge in [-0.1, -0.05) is 59.3 Å². The molecule has 116 valence electrons. The number of hydrogen-bond donors (Lipinski definition) is 0. The van der Waals surface area contributed by atoms with Gasteiger partial charge < -0.3 is 9.64 Å². The second-order valence-electron chi connectivity index (χ2n) is 5.62. The summed E-state index contributed by atoms with van der Waals surface area (Å²) in [7, 11) is 0. The van der Waals surface area contributed by atoms with Gasteiger partial charge in [-0.3, -0.25) is 0 Å². The van der Waals surface area contributed by atoms with Crippen molar-refractivity contribution in [3.05, 3.63) is 0 Å². The highest BCUT2D eigenvalue weighted by atomic mass is 35.5. The molecule has 0 aliphatic carbocycles. The van der Waals surface area contributed by atoms with Crippen LogP contribution in [0.15, 0.2) is 0 Å². The molecule has 0 amide bonds. The molecule has 1 aliphatic heterocycles. The minimum atomic E-state index is 0. The van der Waals surface area contributed by atoms with Crippen LogP contribution in [0.5, 0.6) is 0 Å². The predicted molar refractivity (Wildman–Crippen MR) is 86.3 cm³/mol. The molecule has 1 rings (SSSR count). The van der Waals surface area contributed by atoms with Crippen molar-refractivity contribution in [1.82, 2.24) is 4.90 Å². The minimum Gasteiger partial charge on any atom is -0.373 e. The largest absolute Gasteiger partial charge is 0.373 e. The van der Waals surface area contributed by atoms with Crippen LogP contribution >= 0.6 is 12.4 Å². The smallest absolute Gasteiger partial charge is 0.0824 e. The van der Waals surface area contributed by atoms with Gasteiger partial charge in [0.1, 0.15) is 0 Å². The molecule has 0 aromatic heterocycles. The monoisotopic (exact) mass is 291 g/mol. The summed E-state index contributed by atoms with van der Waals surface area (Å²) in [6.07, 6.45) is 11.6. The standard InChI is InChI=1S/C16H33NO.ClH/c1-4-7-8-9-10-11-12-15(13-16-14-18-16)17(5-2)6-3;/h15-16H,4-14H2,1-3H3;1H. The van der Waals surface area contributed by atoms with Gasteiger partial charge in [0.05, 0.1) is 12.7 Å². The summed E-state index contributed by atoms with van der Waals surface area (Å²) in [5.41, 5.74) is 0. The molecular formula is C16H34ClNO. The van der Waals surface area contributed by atoms with Crippen molar-refractivity contribution < 1.29 is 4.74 Å². The number of ether oxygens (including phenoxy) is 1. The molecule has 0 N–H and O–H groups in total. The Hall–Kier alpha value is 0.210. The first kappa shape index (κ1) is 19.2. The molecule has 0 saturated carbocycles. The first-order chi connectivity index (χ1) is 8.81. The molecule has 2 atom stereocenters. The van der Waals surface area contributed by atoms with Crippen LogP contribution in [0.25, 0.3) is 0 Å². The van der Waals surface area contributed by atoms with E-state index >= 15 is 0 Å². The quantitative estimate of drug-likeness (QED) is 0.384. The lowest BCUT2D eigenvalue weighted by Crippen LogP contribution is -2.36. The summed E-state index contributed by atoms with van der Waals surface area (Å²) in [6, 6.07) is 0.763. The van der Waals surface area contributed by atoms with E-state index in [-0.39, 0.29) is 12.4 Å². The maximum absolute atomic E-state index is 5.41. The molecule has 1 heterocycles. The first-order valence-corrected chi connectivity index (χ1v) is 8.17. The fourth-order valence-electron chi connectivity index (χ4n) is 2.86. The van der Waals surface area contributed by atoms with Crippen LogP contribution in [0.4, 0.5) is 0 Å². The van der Waals surface area contributed by atoms with Crippen LogP contribution in [-0.4, -0.2) is 36.7 Å². The molecule has 1 aliphatic rings. The molecule has 3 heteroatoms. The van der Waals surface area contributed by atoms with Gasteiger partial charge in [0.25, 0.3) is 0 Å². The number of epoxide rings is 1. The van der Waals surface area contributed by atoms with E-state index in [2.05, 4.69) is 25.7 Å². The van der Waals surface area contributed by atoms with Gasteiger partial charge in [-0.15, -0.1) is 12.4 Å². The van der Waals surface area contributed by atoms with Crippen molar-refractivity contribution >= 4 is 12.4 Å². The number of unbranched alkanes of at least 4 members (excludes halogenated alkanes) is 5. The minimum absolute atomic E-state index is 0. The topological polar surface area (TPSA) is 15.8 Å². The van der Waals surface area contributed by atoms with E-state index in [1.807, 2.05) is 0 Å². The number of halogens is 1. The van der Waals surface area contributed by atoms with Crippen molar-refractivity contribution in [2.75, 3.05) is 19.7 Å². The van der Waals surface area contributed by atoms with Gasteiger partial charge in [-0.05, 0) is 25.9 Å². The molecule has 2 nitrogen and oxygen atoms in total. The first-order valence-electron chi connectivity index (χ1n) is 8.17.